The molecule has 0 radical (unpaired) electrons. The number of rotatable bonds is 7. The van der Waals surface area contributed by atoms with Crippen LogP contribution in [0.2, 0.25) is 0 Å². The molecule has 0 unspecified atom stereocenters. The minimum atomic E-state index is -3.09. The number of carbonyl (C=O) groups excluding carboxylic acids is 2. The first kappa shape index (κ1) is 22.4. The second-order valence-corrected chi connectivity index (χ2v) is 9.52. The molecule has 2 fully saturated rings. The third-order valence-electron chi connectivity index (χ3n) is 5.38. The Kier molecular flexibility index (Phi) is 7.19. The smallest absolute Gasteiger partial charge is 0.260 e. The van der Waals surface area contributed by atoms with Crippen molar-refractivity contribution in [1.82, 2.24) is 9.80 Å². The molecule has 9 nitrogen and oxygen atoms in total. The Morgan fingerprint density at radius 3 is 2.57 bits per heavy atom. The lowest BCUT2D eigenvalue weighted by atomic mass is 10.1. The van der Waals surface area contributed by atoms with Crippen molar-refractivity contribution in [3.63, 3.8) is 0 Å². The highest BCUT2D eigenvalue weighted by molar-refractivity contribution is 7.91. The van der Waals surface area contributed by atoms with E-state index in [2.05, 4.69) is 0 Å². The van der Waals surface area contributed by atoms with E-state index in [1.807, 2.05) is 6.92 Å². The van der Waals surface area contributed by atoms with Crippen molar-refractivity contribution < 1.29 is 32.2 Å². The molecule has 2 heterocycles. The van der Waals surface area contributed by atoms with Gasteiger partial charge in [0.15, 0.2) is 27.9 Å². The summed E-state index contributed by atoms with van der Waals surface area (Å²) in [4.78, 5) is 28.5. The van der Waals surface area contributed by atoms with E-state index in [0.717, 1.165) is 0 Å². The summed E-state index contributed by atoms with van der Waals surface area (Å²) in [6.07, 6.45) is 0.448. The molecule has 0 saturated carbocycles. The molecule has 1 aromatic rings. The van der Waals surface area contributed by atoms with E-state index in [1.165, 1.54) is 7.11 Å². The number of morpholine rings is 1. The van der Waals surface area contributed by atoms with Gasteiger partial charge in [-0.25, -0.2) is 8.42 Å². The Hall–Kier alpha value is -2.33. The highest BCUT2D eigenvalue weighted by Gasteiger charge is 2.34. The molecule has 2 aliphatic rings. The highest BCUT2D eigenvalue weighted by Crippen LogP contribution is 2.29. The quantitative estimate of drug-likeness (QED) is 0.611. The van der Waals surface area contributed by atoms with Crippen LogP contribution in [0.5, 0.6) is 11.5 Å². The molecule has 30 heavy (non-hydrogen) atoms. The van der Waals surface area contributed by atoms with Crippen molar-refractivity contribution in [3.8, 4) is 11.5 Å². The zero-order chi connectivity index (χ0) is 21.7. The van der Waals surface area contributed by atoms with Crippen LogP contribution in [0.25, 0.3) is 0 Å². The molecule has 0 aliphatic carbocycles. The van der Waals surface area contributed by atoms with Gasteiger partial charge in [-0.2, -0.15) is 0 Å². The molecule has 166 valence electrons. The first-order chi connectivity index (χ1) is 14.3. The molecule has 1 aromatic carbocycles. The summed E-state index contributed by atoms with van der Waals surface area (Å²) in [5.41, 5.74) is 0.379. The molecule has 3 rings (SSSR count). The van der Waals surface area contributed by atoms with E-state index < -0.39 is 9.84 Å². The van der Waals surface area contributed by atoms with Crippen LogP contribution in [0.15, 0.2) is 18.2 Å². The van der Waals surface area contributed by atoms with E-state index in [-0.39, 0.29) is 36.0 Å². The van der Waals surface area contributed by atoms with E-state index in [4.69, 9.17) is 14.2 Å². The average molecular weight is 441 g/mol. The predicted molar refractivity (Wildman–Crippen MR) is 110 cm³/mol. The molecule has 2 amide bonds. The molecule has 0 spiro atoms. The summed E-state index contributed by atoms with van der Waals surface area (Å²) in [5, 5.41) is 0. The van der Waals surface area contributed by atoms with E-state index in [0.29, 0.717) is 56.3 Å². The maximum absolute atomic E-state index is 13.0. The standard InChI is InChI=1S/C20H28N2O7S/c1-3-22(16-6-11-30(25,26)14-16)20(24)15-4-5-17(18(12-15)27-2)29-13-19(23)21-7-9-28-10-8-21/h4-5,12,16H,3,6-11,13-14H2,1-2H3/t16-/m0/s1. The van der Waals surface area contributed by atoms with Gasteiger partial charge >= 0.3 is 0 Å². The summed E-state index contributed by atoms with van der Waals surface area (Å²) in [6.45, 7) is 4.21. The zero-order valence-electron chi connectivity index (χ0n) is 17.3. The third-order valence-corrected chi connectivity index (χ3v) is 7.13. The second kappa shape index (κ2) is 9.65. The maximum Gasteiger partial charge on any atom is 0.260 e. The van der Waals surface area contributed by atoms with E-state index in [9.17, 15) is 18.0 Å². The van der Waals surface area contributed by atoms with Crippen LogP contribution in [0.1, 0.15) is 23.7 Å². The lowest BCUT2D eigenvalue weighted by Crippen LogP contribution is -2.43. The molecular formula is C20H28N2O7S. The van der Waals surface area contributed by atoms with Crippen molar-refractivity contribution in [3.05, 3.63) is 23.8 Å². The van der Waals surface area contributed by atoms with Crippen molar-refractivity contribution in [2.75, 3.05) is 58.1 Å². The van der Waals surface area contributed by atoms with Crippen LogP contribution in [0.4, 0.5) is 0 Å². The van der Waals surface area contributed by atoms with Gasteiger partial charge in [0.1, 0.15) is 0 Å². The van der Waals surface area contributed by atoms with Gasteiger partial charge in [0.05, 0.1) is 31.8 Å². The predicted octanol–water partition coefficient (Wildman–Crippen LogP) is 0.582. The number of hydrogen-bond donors (Lipinski definition) is 0. The van der Waals surface area contributed by atoms with Gasteiger partial charge in [-0.1, -0.05) is 0 Å². The first-order valence-electron chi connectivity index (χ1n) is 10.0. The van der Waals surface area contributed by atoms with Gasteiger partial charge in [0.2, 0.25) is 0 Å². The Balaban J connectivity index is 1.68. The Morgan fingerprint density at radius 1 is 1.23 bits per heavy atom. The van der Waals surface area contributed by atoms with E-state index >= 15 is 0 Å². The fourth-order valence-electron chi connectivity index (χ4n) is 3.72. The summed E-state index contributed by atoms with van der Waals surface area (Å²) in [7, 11) is -1.63. The van der Waals surface area contributed by atoms with Gasteiger partial charge < -0.3 is 24.0 Å². The van der Waals surface area contributed by atoms with Gasteiger partial charge in [0.25, 0.3) is 11.8 Å². The molecule has 0 N–H and O–H groups in total. The normalized spacial score (nSPS) is 20.6. The summed E-state index contributed by atoms with van der Waals surface area (Å²) >= 11 is 0. The summed E-state index contributed by atoms with van der Waals surface area (Å²) < 4.78 is 39.8. The number of sulfone groups is 1. The fourth-order valence-corrected chi connectivity index (χ4v) is 5.45. The number of benzene rings is 1. The molecule has 1 atom stereocenters. The van der Waals surface area contributed by atoms with Crippen molar-refractivity contribution in [2.45, 2.75) is 19.4 Å². The van der Waals surface area contributed by atoms with Gasteiger partial charge in [0, 0.05) is 31.2 Å². The second-order valence-electron chi connectivity index (χ2n) is 7.30. The van der Waals surface area contributed by atoms with Crippen LogP contribution in [0.3, 0.4) is 0 Å². The molecule has 2 saturated heterocycles. The maximum atomic E-state index is 13.0. The van der Waals surface area contributed by atoms with Gasteiger partial charge in [-0.3, -0.25) is 9.59 Å². The van der Waals surface area contributed by atoms with Crippen LogP contribution in [-0.4, -0.2) is 94.1 Å². The number of amides is 2. The number of ether oxygens (including phenoxy) is 3. The SMILES string of the molecule is CCN(C(=O)c1ccc(OCC(=O)N2CCOCC2)c(OC)c1)[C@H]1CCS(=O)(=O)C1. The van der Waals surface area contributed by atoms with Crippen LogP contribution < -0.4 is 9.47 Å². The fraction of sp³-hybridized carbons (Fsp3) is 0.600. The molecule has 10 heteroatoms. The number of carbonyl (C=O) groups is 2. The zero-order valence-corrected chi connectivity index (χ0v) is 18.2. The van der Waals surface area contributed by atoms with Crippen LogP contribution >= 0.6 is 0 Å². The number of hydrogen-bond acceptors (Lipinski definition) is 7. The monoisotopic (exact) mass is 440 g/mol. The Labute approximate surface area is 176 Å². The topological polar surface area (TPSA) is 102 Å². The Morgan fingerprint density at radius 2 is 1.97 bits per heavy atom. The molecule has 2 aliphatic heterocycles. The van der Waals surface area contributed by atoms with Crippen LogP contribution in [-0.2, 0) is 19.4 Å². The molecule has 0 bridgehead atoms. The third kappa shape index (κ3) is 5.23. The molecule has 0 aromatic heterocycles. The number of methoxy groups -OCH3 is 1. The minimum absolute atomic E-state index is 0.00540. The average Bonchev–Trinajstić information content (AvgIpc) is 3.12. The highest BCUT2D eigenvalue weighted by atomic mass is 32.2. The lowest BCUT2D eigenvalue weighted by molar-refractivity contribution is -0.137. The summed E-state index contributed by atoms with van der Waals surface area (Å²) in [6, 6.07) is 4.44. The lowest BCUT2D eigenvalue weighted by Gasteiger charge is -2.27. The number of nitrogens with zero attached hydrogens (tertiary/aromatic N) is 2. The largest absolute Gasteiger partial charge is 0.493 e. The first-order valence-corrected chi connectivity index (χ1v) is 11.8. The Bertz CT molecular complexity index is 881. The van der Waals surface area contributed by atoms with Crippen molar-refractivity contribution >= 4 is 21.7 Å². The van der Waals surface area contributed by atoms with Gasteiger partial charge in [-0.05, 0) is 31.5 Å². The van der Waals surface area contributed by atoms with Gasteiger partial charge in [-0.15, -0.1) is 0 Å². The molecular weight excluding hydrogens is 412 g/mol. The van der Waals surface area contributed by atoms with Crippen molar-refractivity contribution in [1.29, 1.82) is 0 Å². The van der Waals surface area contributed by atoms with E-state index in [1.54, 1.807) is 28.0 Å². The summed E-state index contributed by atoms with van der Waals surface area (Å²) in [5.74, 6) is 0.408. The van der Waals surface area contributed by atoms with Crippen LogP contribution in [0, 0.1) is 0 Å². The minimum Gasteiger partial charge on any atom is -0.493 e. The van der Waals surface area contributed by atoms with Crippen molar-refractivity contribution in [2.24, 2.45) is 0 Å².